The van der Waals surface area contributed by atoms with Crippen molar-refractivity contribution in [3.63, 3.8) is 0 Å². The van der Waals surface area contributed by atoms with E-state index in [0.717, 1.165) is 43.9 Å². The van der Waals surface area contributed by atoms with Crippen molar-refractivity contribution in [2.45, 2.75) is 26.7 Å². The van der Waals surface area contributed by atoms with Crippen molar-refractivity contribution >= 4 is 5.78 Å². The fraction of sp³-hybridized carbons (Fsp3) is 0.643. The van der Waals surface area contributed by atoms with Crippen molar-refractivity contribution in [2.24, 2.45) is 5.92 Å². The quantitative estimate of drug-likeness (QED) is 0.687. The third kappa shape index (κ3) is 2.60. The first-order chi connectivity index (χ1) is 8.09. The summed E-state index contributed by atoms with van der Waals surface area (Å²) in [5.74, 6) is 0.606. The second kappa shape index (κ2) is 5.05. The van der Waals surface area contributed by atoms with Gasteiger partial charge in [-0.05, 0) is 26.2 Å². The number of nitrogens with zero attached hydrogens (tertiary/aromatic N) is 1. The van der Waals surface area contributed by atoms with Gasteiger partial charge in [0.15, 0.2) is 5.78 Å². The van der Waals surface area contributed by atoms with E-state index in [0.29, 0.717) is 12.3 Å². The molecule has 1 heterocycles. The molecule has 0 saturated carbocycles. The SMILES string of the molecule is C=C(C)C1CC(=O)C(C)=C(N2CCOCC2)C1. The Morgan fingerprint density at radius 2 is 2.00 bits per heavy atom. The number of rotatable bonds is 2. The van der Waals surface area contributed by atoms with Gasteiger partial charge in [-0.2, -0.15) is 0 Å². The van der Waals surface area contributed by atoms with Gasteiger partial charge in [0, 0.05) is 30.8 Å². The Bertz CT molecular complexity index is 364. The van der Waals surface area contributed by atoms with Crippen LogP contribution in [0, 0.1) is 5.92 Å². The zero-order valence-corrected chi connectivity index (χ0v) is 10.8. The largest absolute Gasteiger partial charge is 0.378 e. The van der Waals surface area contributed by atoms with Gasteiger partial charge in [0.1, 0.15) is 0 Å². The van der Waals surface area contributed by atoms with Crippen molar-refractivity contribution in [1.82, 2.24) is 4.90 Å². The van der Waals surface area contributed by atoms with Gasteiger partial charge in [0.2, 0.25) is 0 Å². The smallest absolute Gasteiger partial charge is 0.160 e. The Balaban J connectivity index is 2.19. The molecular weight excluding hydrogens is 214 g/mol. The van der Waals surface area contributed by atoms with Crippen LogP contribution in [0.4, 0.5) is 0 Å². The van der Waals surface area contributed by atoms with Crippen molar-refractivity contribution in [3.8, 4) is 0 Å². The van der Waals surface area contributed by atoms with Crippen molar-refractivity contribution in [2.75, 3.05) is 26.3 Å². The molecule has 3 heteroatoms. The summed E-state index contributed by atoms with van der Waals surface area (Å²) in [7, 11) is 0. The molecule has 94 valence electrons. The maximum Gasteiger partial charge on any atom is 0.160 e. The molecule has 0 amide bonds. The van der Waals surface area contributed by atoms with E-state index in [1.807, 2.05) is 13.8 Å². The Labute approximate surface area is 103 Å². The highest BCUT2D eigenvalue weighted by atomic mass is 16.5. The number of morpholine rings is 1. The second-order valence-electron chi connectivity index (χ2n) is 5.05. The molecule has 3 nitrogen and oxygen atoms in total. The summed E-state index contributed by atoms with van der Waals surface area (Å²) >= 11 is 0. The highest BCUT2D eigenvalue weighted by Crippen LogP contribution is 2.33. The van der Waals surface area contributed by atoms with E-state index in [9.17, 15) is 4.79 Å². The molecular formula is C14H21NO2. The van der Waals surface area contributed by atoms with Gasteiger partial charge in [0.05, 0.1) is 13.2 Å². The predicted octanol–water partition coefficient (Wildman–Crippen LogP) is 2.15. The molecule has 2 aliphatic rings. The van der Waals surface area contributed by atoms with Crippen LogP contribution in [0.5, 0.6) is 0 Å². The highest BCUT2D eigenvalue weighted by molar-refractivity contribution is 5.96. The minimum atomic E-state index is 0.283. The average Bonchev–Trinajstić information content (AvgIpc) is 2.33. The first kappa shape index (κ1) is 12.4. The van der Waals surface area contributed by atoms with Gasteiger partial charge < -0.3 is 9.64 Å². The van der Waals surface area contributed by atoms with Gasteiger partial charge in [-0.25, -0.2) is 0 Å². The number of carbonyl (C=O) groups is 1. The molecule has 0 spiro atoms. The summed E-state index contributed by atoms with van der Waals surface area (Å²) in [5, 5.41) is 0. The number of hydrogen-bond donors (Lipinski definition) is 0. The fourth-order valence-electron chi connectivity index (χ4n) is 2.54. The minimum Gasteiger partial charge on any atom is -0.378 e. The average molecular weight is 235 g/mol. The van der Waals surface area contributed by atoms with E-state index in [2.05, 4.69) is 11.5 Å². The predicted molar refractivity (Wildman–Crippen MR) is 67.6 cm³/mol. The summed E-state index contributed by atoms with van der Waals surface area (Å²) in [4.78, 5) is 14.3. The van der Waals surface area contributed by atoms with E-state index in [-0.39, 0.29) is 5.78 Å². The molecule has 0 aromatic rings. The number of hydrogen-bond acceptors (Lipinski definition) is 3. The Morgan fingerprint density at radius 3 is 2.59 bits per heavy atom. The molecule has 0 aromatic heterocycles. The number of ether oxygens (including phenoxy) is 1. The molecule has 1 saturated heterocycles. The van der Waals surface area contributed by atoms with Crippen LogP contribution < -0.4 is 0 Å². The lowest BCUT2D eigenvalue weighted by atomic mass is 9.82. The highest BCUT2D eigenvalue weighted by Gasteiger charge is 2.28. The van der Waals surface area contributed by atoms with E-state index in [1.54, 1.807) is 0 Å². The van der Waals surface area contributed by atoms with E-state index < -0.39 is 0 Å². The Hall–Kier alpha value is -1.09. The molecule has 1 atom stereocenters. The van der Waals surface area contributed by atoms with Gasteiger partial charge in [-0.1, -0.05) is 12.2 Å². The topological polar surface area (TPSA) is 29.5 Å². The minimum absolute atomic E-state index is 0.283. The van der Waals surface area contributed by atoms with Crippen molar-refractivity contribution in [1.29, 1.82) is 0 Å². The lowest BCUT2D eigenvalue weighted by Gasteiger charge is -2.36. The van der Waals surface area contributed by atoms with Crippen LogP contribution >= 0.6 is 0 Å². The summed E-state index contributed by atoms with van der Waals surface area (Å²) < 4.78 is 5.36. The molecule has 0 radical (unpaired) electrons. The zero-order valence-electron chi connectivity index (χ0n) is 10.8. The van der Waals surface area contributed by atoms with Crippen LogP contribution in [0.1, 0.15) is 26.7 Å². The fourth-order valence-corrected chi connectivity index (χ4v) is 2.54. The van der Waals surface area contributed by atoms with Crippen LogP contribution in [-0.2, 0) is 9.53 Å². The lowest BCUT2D eigenvalue weighted by Crippen LogP contribution is -2.38. The maximum absolute atomic E-state index is 12.0. The van der Waals surface area contributed by atoms with E-state index >= 15 is 0 Å². The normalized spacial score (nSPS) is 26.4. The molecule has 1 aliphatic carbocycles. The van der Waals surface area contributed by atoms with E-state index in [1.165, 1.54) is 5.70 Å². The third-order valence-corrected chi connectivity index (χ3v) is 3.81. The van der Waals surface area contributed by atoms with Crippen LogP contribution in [0.25, 0.3) is 0 Å². The monoisotopic (exact) mass is 235 g/mol. The van der Waals surface area contributed by atoms with Crippen LogP contribution in [0.15, 0.2) is 23.4 Å². The molecule has 17 heavy (non-hydrogen) atoms. The molecule has 1 aliphatic heterocycles. The standard InChI is InChI=1S/C14H21NO2/c1-10(2)12-8-13(11(3)14(16)9-12)15-4-6-17-7-5-15/h12H,1,4-9H2,2-3H3. The van der Waals surface area contributed by atoms with Crippen molar-refractivity contribution < 1.29 is 9.53 Å². The molecule has 1 unspecified atom stereocenters. The van der Waals surface area contributed by atoms with Crippen LogP contribution in [0.3, 0.4) is 0 Å². The first-order valence-corrected chi connectivity index (χ1v) is 6.30. The number of allylic oxidation sites excluding steroid dienone is 3. The van der Waals surface area contributed by atoms with Crippen LogP contribution in [0.2, 0.25) is 0 Å². The Morgan fingerprint density at radius 1 is 1.35 bits per heavy atom. The molecule has 1 fully saturated rings. The second-order valence-corrected chi connectivity index (χ2v) is 5.05. The maximum atomic E-state index is 12.0. The number of ketones is 1. The van der Waals surface area contributed by atoms with Gasteiger partial charge >= 0.3 is 0 Å². The third-order valence-electron chi connectivity index (χ3n) is 3.81. The summed E-state index contributed by atoms with van der Waals surface area (Å²) in [6.45, 7) is 11.3. The van der Waals surface area contributed by atoms with E-state index in [4.69, 9.17) is 4.74 Å². The van der Waals surface area contributed by atoms with Crippen LogP contribution in [-0.4, -0.2) is 37.0 Å². The molecule has 0 aromatic carbocycles. The molecule has 0 N–H and O–H groups in total. The Kier molecular flexibility index (Phi) is 3.67. The summed E-state index contributed by atoms with van der Waals surface area (Å²) in [6, 6.07) is 0. The van der Waals surface area contributed by atoms with Gasteiger partial charge in [0.25, 0.3) is 0 Å². The van der Waals surface area contributed by atoms with Crippen molar-refractivity contribution in [3.05, 3.63) is 23.4 Å². The molecule has 2 rings (SSSR count). The number of Topliss-reactive ketones (excluding diaryl/α,β-unsaturated/α-hetero) is 1. The lowest BCUT2D eigenvalue weighted by molar-refractivity contribution is -0.117. The zero-order chi connectivity index (χ0) is 12.4. The van der Waals surface area contributed by atoms with Gasteiger partial charge in [-0.3, -0.25) is 4.79 Å². The summed E-state index contributed by atoms with van der Waals surface area (Å²) in [6.07, 6.45) is 1.60. The number of carbonyl (C=O) groups excluding carboxylic acids is 1. The van der Waals surface area contributed by atoms with Gasteiger partial charge in [-0.15, -0.1) is 0 Å². The molecule has 0 bridgehead atoms. The first-order valence-electron chi connectivity index (χ1n) is 6.30. The summed E-state index contributed by atoms with van der Waals surface area (Å²) in [5.41, 5.74) is 3.29.